The number of halogens is 2. The Morgan fingerprint density at radius 1 is 1.27 bits per heavy atom. The minimum atomic E-state index is -0.568. The average Bonchev–Trinajstić information content (AvgIpc) is 2.43. The van der Waals surface area contributed by atoms with Gasteiger partial charge in [0.25, 0.3) is 0 Å². The molecular formula is C17H28Cl2N2O. The molecule has 1 rings (SSSR count). The Morgan fingerprint density at radius 2 is 1.77 bits per heavy atom. The second-order valence-electron chi connectivity index (χ2n) is 6.56. The van der Waals surface area contributed by atoms with Crippen molar-refractivity contribution < 1.29 is 4.79 Å². The van der Waals surface area contributed by atoms with Crippen LogP contribution in [-0.4, -0.2) is 30.4 Å². The molecule has 22 heavy (non-hydrogen) atoms. The molecule has 1 amide bonds. The van der Waals surface area contributed by atoms with Crippen molar-refractivity contribution in [3.63, 3.8) is 0 Å². The molecule has 1 unspecified atom stereocenters. The molecular weight excluding hydrogens is 319 g/mol. The predicted octanol–water partition coefficient (Wildman–Crippen LogP) is 3.87. The summed E-state index contributed by atoms with van der Waals surface area (Å²) in [6, 6.07) is 7.59. The molecule has 0 saturated carbocycles. The lowest BCUT2D eigenvalue weighted by atomic mass is 9.83. The van der Waals surface area contributed by atoms with E-state index in [9.17, 15) is 4.79 Å². The fraction of sp³-hybridized carbons (Fsp3) is 0.588. The highest BCUT2D eigenvalue weighted by Gasteiger charge is 2.32. The molecule has 0 bridgehead atoms. The molecule has 1 aromatic rings. The van der Waals surface area contributed by atoms with E-state index in [0.717, 1.165) is 12.0 Å². The van der Waals surface area contributed by atoms with Gasteiger partial charge in [-0.05, 0) is 43.9 Å². The number of likely N-dealkylation sites (N-methyl/N-ethyl adjacent to an activating group) is 1. The normalized spacial score (nSPS) is 12.7. The molecule has 5 heteroatoms. The summed E-state index contributed by atoms with van der Waals surface area (Å²) in [6.45, 7) is 8.76. The quantitative estimate of drug-likeness (QED) is 0.849. The number of rotatable bonds is 6. The van der Waals surface area contributed by atoms with Gasteiger partial charge in [-0.25, -0.2) is 0 Å². The van der Waals surface area contributed by atoms with Crippen LogP contribution in [-0.2, 0) is 10.2 Å². The Balaban J connectivity index is 0.00000441. The van der Waals surface area contributed by atoms with Gasteiger partial charge < -0.3 is 10.6 Å². The highest BCUT2D eigenvalue weighted by molar-refractivity contribution is 6.30. The van der Waals surface area contributed by atoms with Crippen LogP contribution in [0.1, 0.15) is 39.7 Å². The summed E-state index contributed by atoms with van der Waals surface area (Å²) in [5.74, 6) is 0.526. The number of hydrogen-bond acceptors (Lipinski definition) is 2. The predicted molar refractivity (Wildman–Crippen MR) is 96.8 cm³/mol. The van der Waals surface area contributed by atoms with E-state index in [1.54, 1.807) is 4.90 Å². The van der Waals surface area contributed by atoms with Crippen LogP contribution < -0.4 is 5.73 Å². The highest BCUT2D eigenvalue weighted by Crippen LogP contribution is 2.26. The van der Waals surface area contributed by atoms with E-state index < -0.39 is 5.41 Å². The molecule has 0 heterocycles. The number of carbonyl (C=O) groups is 1. The maximum atomic E-state index is 12.7. The summed E-state index contributed by atoms with van der Waals surface area (Å²) >= 11 is 5.91. The molecule has 0 saturated heterocycles. The number of nitrogens with two attached hydrogens (primary N) is 1. The maximum Gasteiger partial charge on any atom is 0.232 e. The summed E-state index contributed by atoms with van der Waals surface area (Å²) in [5, 5.41) is 0.679. The first-order valence-electron chi connectivity index (χ1n) is 7.43. The van der Waals surface area contributed by atoms with E-state index in [0.29, 0.717) is 17.5 Å². The fourth-order valence-corrected chi connectivity index (χ4v) is 2.37. The molecule has 3 nitrogen and oxygen atoms in total. The first kappa shape index (κ1) is 21.2. The molecule has 0 aliphatic rings. The van der Waals surface area contributed by atoms with Crippen LogP contribution in [0.15, 0.2) is 24.3 Å². The third-order valence-electron chi connectivity index (χ3n) is 4.10. The lowest BCUT2D eigenvalue weighted by molar-refractivity contribution is -0.135. The molecule has 2 N–H and O–H groups in total. The molecule has 0 aliphatic heterocycles. The van der Waals surface area contributed by atoms with E-state index in [2.05, 4.69) is 13.8 Å². The smallest absolute Gasteiger partial charge is 0.232 e. The zero-order valence-electron chi connectivity index (χ0n) is 14.1. The number of nitrogens with zero attached hydrogens (tertiary/aromatic N) is 1. The zero-order chi connectivity index (χ0) is 16.2. The summed E-state index contributed by atoms with van der Waals surface area (Å²) < 4.78 is 0. The standard InChI is InChI=1S/C17H27ClN2O.ClH/c1-12(2)15(19)10-11-20(5)16(21)17(3,4)13-6-8-14(18)9-7-13;/h6-9,12,15H,10-11,19H2,1-5H3;1H. The molecule has 0 spiro atoms. The highest BCUT2D eigenvalue weighted by atomic mass is 35.5. The molecule has 0 aromatic heterocycles. The number of amides is 1. The number of benzene rings is 1. The summed E-state index contributed by atoms with van der Waals surface area (Å²) in [6.07, 6.45) is 0.816. The van der Waals surface area contributed by atoms with Gasteiger partial charge in [-0.1, -0.05) is 37.6 Å². The van der Waals surface area contributed by atoms with Crippen LogP contribution >= 0.6 is 24.0 Å². The lowest BCUT2D eigenvalue weighted by Crippen LogP contribution is -2.43. The first-order chi connectivity index (χ1) is 9.66. The van der Waals surface area contributed by atoms with E-state index in [4.69, 9.17) is 17.3 Å². The maximum absolute atomic E-state index is 12.7. The molecule has 0 aliphatic carbocycles. The van der Waals surface area contributed by atoms with Crippen LogP contribution in [0, 0.1) is 5.92 Å². The van der Waals surface area contributed by atoms with Gasteiger partial charge >= 0.3 is 0 Å². The van der Waals surface area contributed by atoms with E-state index in [1.807, 2.05) is 45.2 Å². The van der Waals surface area contributed by atoms with Gasteiger partial charge in [0.15, 0.2) is 0 Å². The Bertz CT molecular complexity index is 472. The van der Waals surface area contributed by atoms with Gasteiger partial charge in [0.2, 0.25) is 5.91 Å². The van der Waals surface area contributed by atoms with Crippen molar-refractivity contribution >= 4 is 29.9 Å². The first-order valence-corrected chi connectivity index (χ1v) is 7.81. The van der Waals surface area contributed by atoms with E-state index >= 15 is 0 Å². The van der Waals surface area contributed by atoms with Crippen molar-refractivity contribution in [3.05, 3.63) is 34.9 Å². The van der Waals surface area contributed by atoms with Crippen LogP contribution in [0.4, 0.5) is 0 Å². The fourth-order valence-electron chi connectivity index (χ4n) is 2.24. The van der Waals surface area contributed by atoms with Crippen molar-refractivity contribution in [3.8, 4) is 0 Å². The van der Waals surface area contributed by atoms with Crippen molar-refractivity contribution in [1.82, 2.24) is 4.90 Å². The SMILES string of the molecule is CC(C)C(N)CCN(C)C(=O)C(C)(C)c1ccc(Cl)cc1.Cl. The van der Waals surface area contributed by atoms with Crippen molar-refractivity contribution in [2.45, 2.75) is 45.6 Å². The monoisotopic (exact) mass is 346 g/mol. The third kappa shape index (κ3) is 5.45. The molecule has 0 fully saturated rings. The van der Waals surface area contributed by atoms with Crippen molar-refractivity contribution in [2.24, 2.45) is 11.7 Å². The van der Waals surface area contributed by atoms with Crippen molar-refractivity contribution in [2.75, 3.05) is 13.6 Å². The summed E-state index contributed by atoms with van der Waals surface area (Å²) in [5.41, 5.74) is 6.45. The minimum absolute atomic E-state index is 0. The minimum Gasteiger partial charge on any atom is -0.345 e. The lowest BCUT2D eigenvalue weighted by Gasteiger charge is -2.31. The molecule has 126 valence electrons. The van der Waals surface area contributed by atoms with Crippen molar-refractivity contribution in [1.29, 1.82) is 0 Å². The molecule has 0 radical (unpaired) electrons. The largest absolute Gasteiger partial charge is 0.345 e. The Hall–Kier alpha value is -0.770. The van der Waals surface area contributed by atoms with Crippen LogP contribution in [0.25, 0.3) is 0 Å². The van der Waals surface area contributed by atoms with Crippen LogP contribution in [0.3, 0.4) is 0 Å². The topological polar surface area (TPSA) is 46.3 Å². The van der Waals surface area contributed by atoms with E-state index in [1.165, 1.54) is 0 Å². The van der Waals surface area contributed by atoms with Crippen LogP contribution in [0.5, 0.6) is 0 Å². The molecule has 1 aromatic carbocycles. The second-order valence-corrected chi connectivity index (χ2v) is 6.99. The summed E-state index contributed by atoms with van der Waals surface area (Å²) in [4.78, 5) is 14.5. The molecule has 1 atom stereocenters. The van der Waals surface area contributed by atoms with Gasteiger partial charge in [0, 0.05) is 24.7 Å². The van der Waals surface area contributed by atoms with Gasteiger partial charge in [-0.3, -0.25) is 4.79 Å². The Morgan fingerprint density at radius 3 is 2.23 bits per heavy atom. The van der Waals surface area contributed by atoms with Gasteiger partial charge in [-0.2, -0.15) is 0 Å². The van der Waals surface area contributed by atoms with Gasteiger partial charge in [0.1, 0.15) is 0 Å². The van der Waals surface area contributed by atoms with E-state index in [-0.39, 0.29) is 24.4 Å². The number of carbonyl (C=O) groups excluding carboxylic acids is 1. The van der Waals surface area contributed by atoms with Gasteiger partial charge in [-0.15, -0.1) is 12.4 Å². The second kappa shape index (κ2) is 8.76. The zero-order valence-corrected chi connectivity index (χ0v) is 15.7. The number of hydrogen-bond donors (Lipinski definition) is 1. The Kier molecular flexibility index (Phi) is 8.45. The third-order valence-corrected chi connectivity index (χ3v) is 4.35. The van der Waals surface area contributed by atoms with Gasteiger partial charge in [0.05, 0.1) is 5.41 Å². The average molecular weight is 347 g/mol. The van der Waals surface area contributed by atoms with Crippen LogP contribution in [0.2, 0.25) is 5.02 Å². The summed E-state index contributed by atoms with van der Waals surface area (Å²) in [7, 11) is 1.84. The Labute approximate surface area is 145 Å².